The summed E-state index contributed by atoms with van der Waals surface area (Å²) < 4.78 is 0.765. The van der Waals surface area contributed by atoms with Crippen LogP contribution in [0, 0.1) is 24.2 Å². The van der Waals surface area contributed by atoms with Gasteiger partial charge in [-0.3, -0.25) is 4.79 Å². The molecule has 2 nitrogen and oxygen atoms in total. The minimum absolute atomic E-state index is 0.0926. The first kappa shape index (κ1) is 11.9. The van der Waals surface area contributed by atoms with Crippen molar-refractivity contribution in [3.8, 4) is 6.07 Å². The van der Waals surface area contributed by atoms with Crippen molar-refractivity contribution < 1.29 is 4.79 Å². The average molecular weight is 266 g/mol. The third kappa shape index (κ3) is 2.45. The number of halogens is 1. The number of nitrogens with zero attached hydrogens (tertiary/aromatic N) is 1. The summed E-state index contributed by atoms with van der Waals surface area (Å²) in [6, 6.07) is 7.61. The van der Waals surface area contributed by atoms with Crippen LogP contribution in [0.25, 0.3) is 0 Å². The van der Waals surface area contributed by atoms with Crippen molar-refractivity contribution in [3.05, 3.63) is 33.8 Å². The second-order valence-electron chi connectivity index (χ2n) is 3.39. The van der Waals surface area contributed by atoms with Crippen molar-refractivity contribution in [3.63, 3.8) is 0 Å². The van der Waals surface area contributed by atoms with Gasteiger partial charge in [-0.15, -0.1) is 0 Å². The van der Waals surface area contributed by atoms with Crippen LogP contribution in [0.1, 0.15) is 29.3 Å². The van der Waals surface area contributed by atoms with Gasteiger partial charge in [0.25, 0.3) is 0 Å². The third-order valence-corrected chi connectivity index (χ3v) is 3.01. The SMILES string of the molecule is CCC(C#N)C(=O)c1c(C)cccc1Br. The molecule has 3 heteroatoms. The van der Waals surface area contributed by atoms with Crippen LogP contribution in [-0.2, 0) is 0 Å². The molecule has 0 fully saturated rings. The largest absolute Gasteiger partial charge is 0.293 e. The fraction of sp³-hybridized carbons (Fsp3) is 0.333. The Kier molecular flexibility index (Phi) is 4.05. The number of Topliss-reactive ketones (excluding diaryl/α,β-unsaturated/α-hetero) is 1. The van der Waals surface area contributed by atoms with Crippen molar-refractivity contribution in [2.24, 2.45) is 5.92 Å². The number of hydrogen-bond acceptors (Lipinski definition) is 2. The molecule has 0 aromatic heterocycles. The van der Waals surface area contributed by atoms with Crippen molar-refractivity contribution in [1.82, 2.24) is 0 Å². The molecule has 0 saturated heterocycles. The van der Waals surface area contributed by atoms with E-state index in [1.807, 2.05) is 38.1 Å². The van der Waals surface area contributed by atoms with Crippen molar-refractivity contribution in [1.29, 1.82) is 5.26 Å². The van der Waals surface area contributed by atoms with Gasteiger partial charge < -0.3 is 0 Å². The highest BCUT2D eigenvalue weighted by molar-refractivity contribution is 9.10. The van der Waals surface area contributed by atoms with Gasteiger partial charge in [-0.25, -0.2) is 0 Å². The minimum Gasteiger partial charge on any atom is -0.293 e. The van der Waals surface area contributed by atoms with Crippen LogP contribution in [0.15, 0.2) is 22.7 Å². The standard InChI is InChI=1S/C12H12BrNO/c1-3-9(7-14)12(15)11-8(2)5-4-6-10(11)13/h4-6,9H,3H2,1-2H3. The van der Waals surface area contributed by atoms with Crippen LogP contribution in [0.5, 0.6) is 0 Å². The zero-order valence-corrected chi connectivity index (χ0v) is 10.3. The van der Waals surface area contributed by atoms with Crippen LogP contribution in [0.3, 0.4) is 0 Å². The molecule has 1 aromatic carbocycles. The van der Waals surface area contributed by atoms with E-state index in [9.17, 15) is 4.79 Å². The third-order valence-electron chi connectivity index (χ3n) is 2.35. The van der Waals surface area contributed by atoms with Crippen LogP contribution in [0.4, 0.5) is 0 Å². The molecule has 15 heavy (non-hydrogen) atoms. The molecule has 1 unspecified atom stereocenters. The number of carbonyl (C=O) groups is 1. The zero-order chi connectivity index (χ0) is 11.4. The lowest BCUT2D eigenvalue weighted by atomic mass is 9.94. The van der Waals surface area contributed by atoms with E-state index in [-0.39, 0.29) is 5.78 Å². The number of aryl methyl sites for hydroxylation is 1. The van der Waals surface area contributed by atoms with Gasteiger partial charge in [-0.2, -0.15) is 5.26 Å². The van der Waals surface area contributed by atoms with Crippen molar-refractivity contribution >= 4 is 21.7 Å². The summed E-state index contributed by atoms with van der Waals surface area (Å²) in [5.41, 5.74) is 1.54. The van der Waals surface area contributed by atoms with E-state index in [1.54, 1.807) is 0 Å². The van der Waals surface area contributed by atoms with E-state index in [0.717, 1.165) is 10.0 Å². The summed E-state index contributed by atoms with van der Waals surface area (Å²) in [5, 5.41) is 8.85. The maximum atomic E-state index is 12.0. The van der Waals surface area contributed by atoms with Gasteiger partial charge in [-0.05, 0) is 25.0 Å². The molecule has 78 valence electrons. The van der Waals surface area contributed by atoms with Gasteiger partial charge in [0.15, 0.2) is 5.78 Å². The Hall–Kier alpha value is -1.14. The normalized spacial score (nSPS) is 11.9. The summed E-state index contributed by atoms with van der Waals surface area (Å²) >= 11 is 3.34. The van der Waals surface area contributed by atoms with E-state index >= 15 is 0 Å². The lowest BCUT2D eigenvalue weighted by molar-refractivity contribution is 0.0945. The molecule has 0 aliphatic carbocycles. The topological polar surface area (TPSA) is 40.9 Å². The van der Waals surface area contributed by atoms with Crippen molar-refractivity contribution in [2.45, 2.75) is 20.3 Å². The molecule has 1 rings (SSSR count). The fourth-order valence-corrected chi connectivity index (χ4v) is 2.11. The fourth-order valence-electron chi connectivity index (χ4n) is 1.45. The highest BCUT2D eigenvalue weighted by atomic mass is 79.9. The Morgan fingerprint density at radius 2 is 2.27 bits per heavy atom. The maximum Gasteiger partial charge on any atom is 0.181 e. The Balaban J connectivity index is 3.17. The summed E-state index contributed by atoms with van der Waals surface area (Å²) in [6.45, 7) is 3.72. The number of benzene rings is 1. The molecule has 0 bridgehead atoms. The molecule has 0 radical (unpaired) electrons. The summed E-state index contributed by atoms with van der Waals surface area (Å²) in [6.07, 6.45) is 0.552. The smallest absolute Gasteiger partial charge is 0.181 e. The summed E-state index contributed by atoms with van der Waals surface area (Å²) in [5.74, 6) is -0.632. The van der Waals surface area contributed by atoms with Gasteiger partial charge >= 0.3 is 0 Å². The quantitative estimate of drug-likeness (QED) is 0.786. The first-order valence-electron chi connectivity index (χ1n) is 4.80. The minimum atomic E-state index is -0.539. The average Bonchev–Trinajstić information content (AvgIpc) is 2.19. The molecule has 1 aromatic rings. The van der Waals surface area contributed by atoms with Crippen LogP contribution in [0.2, 0.25) is 0 Å². The predicted octanol–water partition coefficient (Wildman–Crippen LogP) is 3.49. The van der Waals surface area contributed by atoms with E-state index < -0.39 is 5.92 Å². The first-order chi connectivity index (χ1) is 7.11. The van der Waals surface area contributed by atoms with E-state index in [1.165, 1.54) is 0 Å². The van der Waals surface area contributed by atoms with E-state index in [4.69, 9.17) is 5.26 Å². The molecule has 0 saturated carbocycles. The van der Waals surface area contributed by atoms with Gasteiger partial charge in [0.05, 0.1) is 6.07 Å². The Labute approximate surface area is 98.0 Å². The van der Waals surface area contributed by atoms with Crippen LogP contribution in [-0.4, -0.2) is 5.78 Å². The van der Waals surface area contributed by atoms with Crippen LogP contribution >= 0.6 is 15.9 Å². The Bertz CT molecular complexity index is 400. The lowest BCUT2D eigenvalue weighted by Crippen LogP contribution is -2.14. The Morgan fingerprint density at radius 1 is 1.60 bits per heavy atom. The second-order valence-corrected chi connectivity index (χ2v) is 4.24. The highest BCUT2D eigenvalue weighted by Gasteiger charge is 2.21. The molecule has 0 aliphatic heterocycles. The number of carbonyl (C=O) groups excluding carboxylic acids is 1. The summed E-state index contributed by atoms with van der Waals surface area (Å²) in [7, 11) is 0. The maximum absolute atomic E-state index is 12.0. The van der Waals surface area contributed by atoms with Gasteiger partial charge in [0, 0.05) is 10.0 Å². The van der Waals surface area contributed by atoms with E-state index in [0.29, 0.717) is 12.0 Å². The molecule has 1 atom stereocenters. The second kappa shape index (κ2) is 5.09. The number of nitriles is 1. The van der Waals surface area contributed by atoms with E-state index in [2.05, 4.69) is 15.9 Å². The molecule has 0 N–H and O–H groups in total. The number of ketones is 1. The first-order valence-corrected chi connectivity index (χ1v) is 5.60. The molecular weight excluding hydrogens is 254 g/mol. The molecular formula is C12H12BrNO. The van der Waals surface area contributed by atoms with Gasteiger partial charge in [-0.1, -0.05) is 35.0 Å². The highest BCUT2D eigenvalue weighted by Crippen LogP contribution is 2.24. The molecule has 0 amide bonds. The molecule has 0 heterocycles. The van der Waals surface area contributed by atoms with Gasteiger partial charge in [0.1, 0.15) is 5.92 Å². The molecule has 0 aliphatic rings. The zero-order valence-electron chi connectivity index (χ0n) is 8.75. The number of rotatable bonds is 3. The predicted molar refractivity (Wildman–Crippen MR) is 62.6 cm³/mol. The summed E-state index contributed by atoms with van der Waals surface area (Å²) in [4.78, 5) is 12.0. The van der Waals surface area contributed by atoms with Crippen molar-refractivity contribution in [2.75, 3.05) is 0 Å². The van der Waals surface area contributed by atoms with Crippen LogP contribution < -0.4 is 0 Å². The monoisotopic (exact) mass is 265 g/mol. The lowest BCUT2D eigenvalue weighted by Gasteiger charge is -2.09. The molecule has 0 spiro atoms. The Morgan fingerprint density at radius 3 is 2.73 bits per heavy atom. The van der Waals surface area contributed by atoms with Gasteiger partial charge in [0.2, 0.25) is 0 Å². The number of hydrogen-bond donors (Lipinski definition) is 0.